The van der Waals surface area contributed by atoms with Gasteiger partial charge in [-0.05, 0) is 30.5 Å². The lowest BCUT2D eigenvalue weighted by molar-refractivity contribution is 0.199. The molecule has 0 bridgehead atoms. The Morgan fingerprint density at radius 2 is 1.85 bits per heavy atom. The van der Waals surface area contributed by atoms with Gasteiger partial charge in [-0.25, -0.2) is 5.11 Å². The Labute approximate surface area is 83.7 Å². The summed E-state index contributed by atoms with van der Waals surface area (Å²) in [5.74, 6) is 0. The number of hydrogen-bond acceptors (Lipinski definition) is 0. The summed E-state index contributed by atoms with van der Waals surface area (Å²) in [6, 6.07) is 7.73. The molecular weight excluding hydrogens is 184 g/mol. The van der Waals surface area contributed by atoms with Crippen molar-refractivity contribution in [3.63, 3.8) is 0 Å². The molecule has 1 rings (SSSR count). The van der Waals surface area contributed by atoms with Crippen LogP contribution in [0.1, 0.15) is 12.0 Å². The summed E-state index contributed by atoms with van der Waals surface area (Å²) >= 11 is 5.74. The van der Waals surface area contributed by atoms with Crippen molar-refractivity contribution in [1.29, 1.82) is 0 Å². The quantitative estimate of drug-likeness (QED) is 0.658. The van der Waals surface area contributed by atoms with Crippen molar-refractivity contribution in [1.82, 2.24) is 0 Å². The monoisotopic (exact) mass is 195 g/mol. The van der Waals surface area contributed by atoms with Crippen molar-refractivity contribution in [3.8, 4) is 0 Å². The van der Waals surface area contributed by atoms with E-state index in [-0.39, 0.29) is 6.61 Å². The van der Waals surface area contributed by atoms with E-state index >= 15 is 0 Å². The highest BCUT2D eigenvalue weighted by atomic mass is 35.5. The molecule has 0 aliphatic carbocycles. The SMILES string of the molecule is [O]CCC=CCc1ccc(Cl)cc1. The Morgan fingerprint density at radius 3 is 2.46 bits per heavy atom. The zero-order valence-corrected chi connectivity index (χ0v) is 8.13. The molecule has 1 nitrogen and oxygen atoms in total. The Hall–Kier alpha value is -0.790. The molecule has 0 unspecified atom stereocenters. The maximum atomic E-state index is 10.1. The van der Waals surface area contributed by atoms with Gasteiger partial charge < -0.3 is 0 Å². The summed E-state index contributed by atoms with van der Waals surface area (Å²) in [5, 5.41) is 10.9. The number of benzene rings is 1. The molecule has 0 aliphatic heterocycles. The maximum Gasteiger partial charge on any atom is 0.0856 e. The number of rotatable bonds is 4. The fourth-order valence-corrected chi connectivity index (χ4v) is 1.15. The Kier molecular flexibility index (Phi) is 4.58. The fourth-order valence-electron chi connectivity index (χ4n) is 1.03. The third-order valence-corrected chi connectivity index (χ3v) is 1.97. The van der Waals surface area contributed by atoms with Crippen LogP contribution in [0.25, 0.3) is 0 Å². The Morgan fingerprint density at radius 1 is 1.15 bits per heavy atom. The third kappa shape index (κ3) is 4.11. The van der Waals surface area contributed by atoms with Crippen LogP contribution in [0.3, 0.4) is 0 Å². The summed E-state index contributed by atoms with van der Waals surface area (Å²) < 4.78 is 0. The molecule has 0 saturated carbocycles. The minimum absolute atomic E-state index is 0.0306. The van der Waals surface area contributed by atoms with Gasteiger partial charge in [-0.15, -0.1) is 0 Å². The van der Waals surface area contributed by atoms with E-state index < -0.39 is 0 Å². The zero-order chi connectivity index (χ0) is 9.52. The van der Waals surface area contributed by atoms with Crippen LogP contribution in [0, 0.1) is 0 Å². The van der Waals surface area contributed by atoms with Crippen LogP contribution in [-0.2, 0) is 11.5 Å². The Bertz CT molecular complexity index is 264. The predicted molar refractivity (Wildman–Crippen MR) is 54.5 cm³/mol. The van der Waals surface area contributed by atoms with Gasteiger partial charge in [0.05, 0.1) is 6.61 Å². The minimum atomic E-state index is -0.0306. The molecule has 0 heterocycles. The number of allylic oxidation sites excluding steroid dienone is 1. The van der Waals surface area contributed by atoms with E-state index in [1.54, 1.807) is 0 Å². The highest BCUT2D eigenvalue weighted by molar-refractivity contribution is 6.30. The van der Waals surface area contributed by atoms with Crippen molar-refractivity contribution in [3.05, 3.63) is 47.0 Å². The first kappa shape index (κ1) is 10.3. The third-order valence-electron chi connectivity index (χ3n) is 1.72. The van der Waals surface area contributed by atoms with Crippen molar-refractivity contribution in [2.45, 2.75) is 12.8 Å². The van der Waals surface area contributed by atoms with Crippen molar-refractivity contribution >= 4 is 11.6 Å². The van der Waals surface area contributed by atoms with E-state index in [0.717, 1.165) is 11.4 Å². The van der Waals surface area contributed by atoms with Gasteiger partial charge >= 0.3 is 0 Å². The molecule has 0 aliphatic rings. The zero-order valence-electron chi connectivity index (χ0n) is 7.37. The van der Waals surface area contributed by atoms with E-state index in [0.29, 0.717) is 6.42 Å². The van der Waals surface area contributed by atoms with Crippen LogP contribution in [0.4, 0.5) is 0 Å². The number of hydrogen-bond donors (Lipinski definition) is 0. The lowest BCUT2D eigenvalue weighted by atomic mass is 10.1. The largest absolute Gasteiger partial charge is 0.236 e. The standard InChI is InChI=1S/C11H12ClO/c12-11-7-5-10(6-8-11)4-2-1-3-9-13/h1-2,5-8H,3-4,9H2. The average molecular weight is 196 g/mol. The molecule has 2 heteroatoms. The summed E-state index contributed by atoms with van der Waals surface area (Å²) in [6.45, 7) is -0.0306. The first-order chi connectivity index (χ1) is 6.33. The Balaban J connectivity index is 2.41. The van der Waals surface area contributed by atoms with Crippen LogP contribution < -0.4 is 0 Å². The lowest BCUT2D eigenvalue weighted by Crippen LogP contribution is -1.80. The molecule has 13 heavy (non-hydrogen) atoms. The lowest BCUT2D eigenvalue weighted by Gasteiger charge is -1.95. The molecule has 69 valence electrons. The van der Waals surface area contributed by atoms with Gasteiger partial charge in [0.1, 0.15) is 0 Å². The van der Waals surface area contributed by atoms with Crippen LogP contribution >= 0.6 is 11.6 Å². The van der Waals surface area contributed by atoms with Gasteiger partial charge in [0.25, 0.3) is 0 Å². The summed E-state index contributed by atoms with van der Waals surface area (Å²) in [4.78, 5) is 0. The summed E-state index contributed by atoms with van der Waals surface area (Å²) in [5.41, 5.74) is 1.21. The van der Waals surface area contributed by atoms with E-state index in [9.17, 15) is 5.11 Å². The molecule has 1 aromatic rings. The molecule has 0 N–H and O–H groups in total. The smallest absolute Gasteiger partial charge is 0.0856 e. The van der Waals surface area contributed by atoms with E-state index in [4.69, 9.17) is 11.6 Å². The first-order valence-corrected chi connectivity index (χ1v) is 4.68. The summed E-state index contributed by atoms with van der Waals surface area (Å²) in [7, 11) is 0. The van der Waals surface area contributed by atoms with Crippen LogP contribution in [-0.4, -0.2) is 6.61 Å². The first-order valence-electron chi connectivity index (χ1n) is 4.30. The second-order valence-corrected chi connectivity index (χ2v) is 3.23. The van der Waals surface area contributed by atoms with Gasteiger partial charge in [-0.3, -0.25) is 0 Å². The van der Waals surface area contributed by atoms with Crippen LogP contribution in [0.5, 0.6) is 0 Å². The fraction of sp³-hybridized carbons (Fsp3) is 0.273. The molecule has 0 amide bonds. The molecule has 1 aromatic carbocycles. The van der Waals surface area contributed by atoms with Gasteiger partial charge in [-0.2, -0.15) is 0 Å². The van der Waals surface area contributed by atoms with E-state index in [1.807, 2.05) is 36.4 Å². The molecule has 1 radical (unpaired) electrons. The van der Waals surface area contributed by atoms with Crippen LogP contribution in [0.2, 0.25) is 5.02 Å². The summed E-state index contributed by atoms with van der Waals surface area (Å²) in [6.07, 6.45) is 5.42. The molecule has 0 fully saturated rings. The topological polar surface area (TPSA) is 19.9 Å². The van der Waals surface area contributed by atoms with Gasteiger partial charge in [0, 0.05) is 5.02 Å². The van der Waals surface area contributed by atoms with Crippen molar-refractivity contribution in [2.75, 3.05) is 6.61 Å². The predicted octanol–water partition coefficient (Wildman–Crippen LogP) is 3.26. The maximum absolute atomic E-state index is 10.1. The van der Waals surface area contributed by atoms with Gasteiger partial charge in [0.2, 0.25) is 0 Å². The minimum Gasteiger partial charge on any atom is -0.236 e. The van der Waals surface area contributed by atoms with Crippen molar-refractivity contribution in [2.24, 2.45) is 0 Å². The molecular formula is C11H12ClO. The normalized spacial score (nSPS) is 10.9. The highest BCUT2D eigenvalue weighted by Crippen LogP contribution is 2.10. The van der Waals surface area contributed by atoms with Gasteiger partial charge in [-0.1, -0.05) is 35.9 Å². The molecule has 0 saturated heterocycles. The molecule has 0 atom stereocenters. The van der Waals surface area contributed by atoms with E-state index in [1.165, 1.54) is 5.56 Å². The molecule has 0 spiro atoms. The highest BCUT2D eigenvalue weighted by Gasteiger charge is 1.89. The average Bonchev–Trinajstić information content (AvgIpc) is 2.15. The van der Waals surface area contributed by atoms with Crippen molar-refractivity contribution < 1.29 is 5.11 Å². The molecule has 0 aromatic heterocycles. The van der Waals surface area contributed by atoms with E-state index in [2.05, 4.69) is 0 Å². The second-order valence-electron chi connectivity index (χ2n) is 2.79. The van der Waals surface area contributed by atoms with Crippen LogP contribution in [0.15, 0.2) is 36.4 Å². The number of halogens is 1. The van der Waals surface area contributed by atoms with Gasteiger partial charge in [0.15, 0.2) is 0 Å². The second kappa shape index (κ2) is 5.79.